The lowest BCUT2D eigenvalue weighted by Crippen LogP contribution is -2.04. The number of hydrogen-bond donors (Lipinski definition) is 0. The van der Waals surface area contributed by atoms with Crippen LogP contribution in [0.5, 0.6) is 0 Å². The molecule has 0 saturated heterocycles. The Morgan fingerprint density at radius 1 is 1.07 bits per heavy atom. The Kier molecular flexibility index (Phi) is 5.52. The molecule has 0 bridgehead atoms. The van der Waals surface area contributed by atoms with Gasteiger partial charge in [0.15, 0.2) is 0 Å². The molecule has 0 aromatic carbocycles. The van der Waals surface area contributed by atoms with E-state index in [2.05, 4.69) is 53.0 Å². The Morgan fingerprint density at radius 2 is 1.57 bits per heavy atom. The summed E-state index contributed by atoms with van der Waals surface area (Å²) in [5, 5.41) is 0. The van der Waals surface area contributed by atoms with E-state index in [9.17, 15) is 0 Å². The molecule has 0 aliphatic heterocycles. The first-order valence-corrected chi connectivity index (χ1v) is 5.39. The van der Waals surface area contributed by atoms with E-state index in [0.717, 1.165) is 19.3 Å². The van der Waals surface area contributed by atoms with Crippen molar-refractivity contribution in [2.24, 2.45) is 5.41 Å². The summed E-state index contributed by atoms with van der Waals surface area (Å²) in [6.07, 6.45) is 7.48. The fourth-order valence-corrected chi connectivity index (χ4v) is 1.38. The molecule has 0 aliphatic carbocycles. The summed E-state index contributed by atoms with van der Waals surface area (Å²) < 4.78 is 0. The van der Waals surface area contributed by atoms with E-state index in [1.165, 1.54) is 11.1 Å². The lowest BCUT2D eigenvalue weighted by molar-refractivity contribution is 0.414. The van der Waals surface area contributed by atoms with E-state index < -0.39 is 0 Å². The van der Waals surface area contributed by atoms with Gasteiger partial charge in [0.2, 0.25) is 0 Å². The van der Waals surface area contributed by atoms with Crippen molar-refractivity contribution in [3.05, 3.63) is 36.5 Å². The van der Waals surface area contributed by atoms with Crippen molar-refractivity contribution in [2.75, 3.05) is 0 Å². The van der Waals surface area contributed by atoms with Crippen LogP contribution in [0.3, 0.4) is 0 Å². The highest BCUT2D eigenvalue weighted by molar-refractivity contribution is 5.24. The third kappa shape index (κ3) is 7.85. The van der Waals surface area contributed by atoms with E-state index in [1.54, 1.807) is 0 Å². The van der Waals surface area contributed by atoms with Crippen LogP contribution >= 0.6 is 0 Å². The Labute approximate surface area is 89.4 Å². The number of rotatable bonds is 5. The topological polar surface area (TPSA) is 0 Å². The molecule has 0 spiro atoms. The molecule has 0 fully saturated rings. The summed E-state index contributed by atoms with van der Waals surface area (Å²) in [5.74, 6) is 0. The van der Waals surface area contributed by atoms with Gasteiger partial charge in [0.1, 0.15) is 0 Å². The zero-order valence-electron chi connectivity index (χ0n) is 10.2. The first-order valence-electron chi connectivity index (χ1n) is 5.39. The van der Waals surface area contributed by atoms with Gasteiger partial charge in [-0.1, -0.05) is 70.6 Å². The number of allylic oxidation sites excluding steroid dienone is 4. The van der Waals surface area contributed by atoms with Crippen molar-refractivity contribution < 1.29 is 0 Å². The molecule has 0 amide bonds. The van der Waals surface area contributed by atoms with Crippen molar-refractivity contribution in [3.8, 4) is 0 Å². The molecule has 0 aromatic rings. The van der Waals surface area contributed by atoms with Crippen LogP contribution in [0.15, 0.2) is 36.5 Å². The summed E-state index contributed by atoms with van der Waals surface area (Å²) in [6, 6.07) is 0. The normalized spacial score (nSPS) is 12.0. The van der Waals surface area contributed by atoms with E-state index >= 15 is 0 Å². The highest BCUT2D eigenvalue weighted by Crippen LogP contribution is 2.23. The quantitative estimate of drug-likeness (QED) is 0.544. The van der Waals surface area contributed by atoms with Crippen LogP contribution in [0.25, 0.3) is 0 Å². The second kappa shape index (κ2) is 5.85. The second-order valence-electron chi connectivity index (χ2n) is 5.14. The molecule has 0 radical (unpaired) electrons. The lowest BCUT2D eigenvalue weighted by atomic mass is 9.88. The zero-order chi connectivity index (χ0) is 11.2. The molecule has 0 aromatic heterocycles. The maximum Gasteiger partial charge on any atom is -0.0236 e. The van der Waals surface area contributed by atoms with Crippen LogP contribution in [-0.4, -0.2) is 0 Å². The van der Waals surface area contributed by atoms with Gasteiger partial charge in [-0.25, -0.2) is 0 Å². The summed E-state index contributed by atoms with van der Waals surface area (Å²) in [4.78, 5) is 0. The minimum absolute atomic E-state index is 0.327. The Balaban J connectivity index is 4.00. The van der Waals surface area contributed by atoms with Crippen molar-refractivity contribution in [3.63, 3.8) is 0 Å². The van der Waals surface area contributed by atoms with Crippen LogP contribution in [0, 0.1) is 5.41 Å². The Morgan fingerprint density at radius 3 is 2.00 bits per heavy atom. The van der Waals surface area contributed by atoms with Crippen LogP contribution < -0.4 is 0 Å². The third-order valence-corrected chi connectivity index (χ3v) is 1.88. The van der Waals surface area contributed by atoms with Gasteiger partial charge in [-0.3, -0.25) is 0 Å². The average Bonchev–Trinajstić information content (AvgIpc) is 1.98. The van der Waals surface area contributed by atoms with Crippen molar-refractivity contribution in [1.29, 1.82) is 0 Å². The summed E-state index contributed by atoms with van der Waals surface area (Å²) in [6.45, 7) is 16.9. The predicted octanol–water partition coefficient (Wildman–Crippen LogP) is 4.89. The zero-order valence-corrected chi connectivity index (χ0v) is 10.2. The van der Waals surface area contributed by atoms with E-state index in [-0.39, 0.29) is 0 Å². The number of hydrogen-bond acceptors (Lipinski definition) is 0. The van der Waals surface area contributed by atoms with Crippen molar-refractivity contribution in [1.82, 2.24) is 0 Å². The smallest absolute Gasteiger partial charge is 0.0236 e. The fraction of sp³-hybridized carbons (Fsp3) is 0.571. The van der Waals surface area contributed by atoms with Crippen LogP contribution in [-0.2, 0) is 0 Å². The van der Waals surface area contributed by atoms with Crippen LogP contribution in [0.1, 0.15) is 47.0 Å². The summed E-state index contributed by atoms with van der Waals surface area (Å²) in [7, 11) is 0. The van der Waals surface area contributed by atoms with E-state index in [1.807, 2.05) is 0 Å². The molecular weight excluding hydrogens is 168 g/mol. The standard InChI is InChI=1S/C14H24/c1-7-8-12(2)9-10-13(3)11-14(4,5)6/h9-10H,2-3,7-8,11H2,1,4-6H3/b10-9-. The minimum atomic E-state index is 0.327. The predicted molar refractivity (Wildman–Crippen MR) is 66.4 cm³/mol. The molecule has 0 heteroatoms. The molecule has 0 atom stereocenters. The molecular formula is C14H24. The average molecular weight is 192 g/mol. The summed E-state index contributed by atoms with van der Waals surface area (Å²) >= 11 is 0. The van der Waals surface area contributed by atoms with E-state index in [0.29, 0.717) is 5.41 Å². The van der Waals surface area contributed by atoms with Gasteiger partial charge < -0.3 is 0 Å². The van der Waals surface area contributed by atoms with E-state index in [4.69, 9.17) is 0 Å². The third-order valence-electron chi connectivity index (χ3n) is 1.88. The molecule has 0 unspecified atom stereocenters. The van der Waals surface area contributed by atoms with Gasteiger partial charge in [-0.05, 0) is 18.3 Å². The second-order valence-corrected chi connectivity index (χ2v) is 5.14. The molecule has 14 heavy (non-hydrogen) atoms. The van der Waals surface area contributed by atoms with Gasteiger partial charge in [0.25, 0.3) is 0 Å². The van der Waals surface area contributed by atoms with Crippen molar-refractivity contribution in [2.45, 2.75) is 47.0 Å². The van der Waals surface area contributed by atoms with Gasteiger partial charge >= 0.3 is 0 Å². The molecule has 0 rings (SSSR count). The van der Waals surface area contributed by atoms with Gasteiger partial charge in [0.05, 0.1) is 0 Å². The monoisotopic (exact) mass is 192 g/mol. The molecule has 0 heterocycles. The molecule has 80 valence electrons. The fourth-order valence-electron chi connectivity index (χ4n) is 1.38. The first kappa shape index (κ1) is 13.2. The maximum atomic E-state index is 4.04. The lowest BCUT2D eigenvalue weighted by Gasteiger charge is -2.17. The molecule has 0 N–H and O–H groups in total. The largest absolute Gasteiger partial charge is 0.0958 e. The Bertz CT molecular complexity index is 223. The maximum absolute atomic E-state index is 4.04. The minimum Gasteiger partial charge on any atom is -0.0958 e. The Hall–Kier alpha value is -0.780. The molecule has 0 aliphatic rings. The molecule has 0 nitrogen and oxygen atoms in total. The van der Waals surface area contributed by atoms with Crippen LogP contribution in [0.4, 0.5) is 0 Å². The SMILES string of the molecule is C=C(/C=C\C(=C)CC(C)(C)C)CCC. The summed E-state index contributed by atoms with van der Waals surface area (Å²) in [5.41, 5.74) is 2.71. The highest BCUT2D eigenvalue weighted by Gasteiger charge is 2.09. The first-order chi connectivity index (χ1) is 6.35. The molecule has 0 saturated carbocycles. The van der Waals surface area contributed by atoms with Gasteiger partial charge in [0, 0.05) is 0 Å². The van der Waals surface area contributed by atoms with Gasteiger partial charge in [-0.15, -0.1) is 0 Å². The van der Waals surface area contributed by atoms with Crippen LogP contribution in [0.2, 0.25) is 0 Å². The highest BCUT2D eigenvalue weighted by atomic mass is 14.1. The van der Waals surface area contributed by atoms with Gasteiger partial charge in [-0.2, -0.15) is 0 Å². The van der Waals surface area contributed by atoms with Crippen molar-refractivity contribution >= 4 is 0 Å².